The highest BCUT2D eigenvalue weighted by Gasteiger charge is 2.41. The maximum Gasteiger partial charge on any atom is 0.573 e. The monoisotopic (exact) mass is 606 g/mol. The van der Waals surface area contributed by atoms with Gasteiger partial charge in [-0.05, 0) is 108 Å². The summed E-state index contributed by atoms with van der Waals surface area (Å²) in [6.45, 7) is 4.12. The molecule has 1 unspecified atom stereocenters. The largest absolute Gasteiger partial charge is 0.573 e. The SMILES string of the molecule is C[C@@H]1CC2C[C@@H](CNc3nc(NCc4ccccc4OC(F)(F)F)ncc3F)C[C@@H](C2)[C@H]1NC[C@H]1CC[C@H](N(C)C)CC1. The van der Waals surface area contributed by atoms with Crippen molar-refractivity contribution < 1.29 is 22.3 Å². The third-order valence-electron chi connectivity index (χ3n) is 9.89. The second-order valence-electron chi connectivity index (χ2n) is 13.3. The molecule has 3 fully saturated rings. The standard InChI is InChI=1S/C32H46F4N6O/c1-20-12-22-13-23(15-25(14-22)29(20)37-16-21-8-10-26(11-9-21)42(2)3)17-38-30-27(33)19-40-31(41-30)39-18-24-6-4-5-7-28(24)43-32(34,35)36/h4-7,19-23,25-26,29,37H,8-18H2,1-3H3,(H2,38,39,40,41)/t20-,21-,22?,23-,25-,26-,29+/m1/s1. The topological polar surface area (TPSA) is 74.3 Å². The number of alkyl halides is 3. The van der Waals surface area contributed by atoms with Crippen molar-refractivity contribution in [1.29, 1.82) is 0 Å². The van der Waals surface area contributed by atoms with Crippen LogP contribution in [0.15, 0.2) is 30.5 Å². The third kappa shape index (κ3) is 8.71. The highest BCUT2D eigenvalue weighted by molar-refractivity contribution is 5.43. The molecule has 11 heteroatoms. The maximum absolute atomic E-state index is 14.7. The Balaban J connectivity index is 1.13. The third-order valence-corrected chi connectivity index (χ3v) is 9.89. The van der Waals surface area contributed by atoms with Crippen LogP contribution in [0.3, 0.4) is 0 Å². The molecule has 7 nitrogen and oxygen atoms in total. The van der Waals surface area contributed by atoms with Crippen LogP contribution >= 0.6 is 0 Å². The maximum atomic E-state index is 14.7. The summed E-state index contributed by atoms with van der Waals surface area (Å²) in [5.74, 6) is 2.54. The van der Waals surface area contributed by atoms with E-state index in [0.717, 1.165) is 37.5 Å². The van der Waals surface area contributed by atoms with Crippen molar-refractivity contribution in [3.8, 4) is 5.75 Å². The molecule has 3 aliphatic rings. The number of hydrogen-bond acceptors (Lipinski definition) is 7. The van der Waals surface area contributed by atoms with Crippen molar-refractivity contribution in [3.63, 3.8) is 0 Å². The smallest absolute Gasteiger partial charge is 0.405 e. The van der Waals surface area contributed by atoms with Crippen LogP contribution in [0.1, 0.15) is 63.9 Å². The Morgan fingerprint density at radius 1 is 0.953 bits per heavy atom. The van der Waals surface area contributed by atoms with Crippen LogP contribution in [-0.2, 0) is 6.54 Å². The van der Waals surface area contributed by atoms with Crippen molar-refractivity contribution in [2.75, 3.05) is 37.8 Å². The van der Waals surface area contributed by atoms with Gasteiger partial charge >= 0.3 is 6.36 Å². The van der Waals surface area contributed by atoms with E-state index in [1.807, 2.05) is 0 Å². The first-order valence-corrected chi connectivity index (χ1v) is 15.8. The summed E-state index contributed by atoms with van der Waals surface area (Å²) in [5, 5.41) is 10.1. The zero-order valence-corrected chi connectivity index (χ0v) is 25.5. The first-order valence-electron chi connectivity index (χ1n) is 15.8. The molecule has 1 heterocycles. The molecule has 1 aromatic carbocycles. The molecule has 0 spiro atoms. The number of aromatic nitrogens is 2. The molecule has 238 valence electrons. The lowest BCUT2D eigenvalue weighted by molar-refractivity contribution is -0.274. The summed E-state index contributed by atoms with van der Waals surface area (Å²) in [4.78, 5) is 10.6. The molecule has 0 radical (unpaired) electrons. The number of hydrogen-bond donors (Lipinski definition) is 3. The lowest BCUT2D eigenvalue weighted by Crippen LogP contribution is -2.51. The average molecular weight is 607 g/mol. The van der Waals surface area contributed by atoms with E-state index in [1.165, 1.54) is 56.7 Å². The molecule has 0 saturated heterocycles. The summed E-state index contributed by atoms with van der Waals surface area (Å²) in [6, 6.07) is 7.11. The van der Waals surface area contributed by atoms with Crippen molar-refractivity contribution in [3.05, 3.63) is 41.8 Å². The molecule has 43 heavy (non-hydrogen) atoms. The Hall–Kier alpha value is -2.66. The van der Waals surface area contributed by atoms with Gasteiger partial charge in [-0.25, -0.2) is 9.37 Å². The zero-order chi connectivity index (χ0) is 30.6. The fourth-order valence-electron chi connectivity index (χ4n) is 7.81. The van der Waals surface area contributed by atoms with Gasteiger partial charge in [-0.2, -0.15) is 4.98 Å². The second-order valence-corrected chi connectivity index (χ2v) is 13.3. The molecule has 0 amide bonds. The van der Waals surface area contributed by atoms with Crippen molar-refractivity contribution in [1.82, 2.24) is 20.2 Å². The van der Waals surface area contributed by atoms with E-state index >= 15 is 0 Å². The highest BCUT2D eigenvalue weighted by atomic mass is 19.4. The van der Waals surface area contributed by atoms with Crippen LogP contribution < -0.4 is 20.7 Å². The van der Waals surface area contributed by atoms with Gasteiger partial charge in [0.05, 0.1) is 6.20 Å². The minimum atomic E-state index is -4.79. The molecule has 5 atom stereocenters. The first kappa shape index (κ1) is 31.8. The minimum Gasteiger partial charge on any atom is -0.405 e. The van der Waals surface area contributed by atoms with Gasteiger partial charge in [0.15, 0.2) is 11.6 Å². The predicted octanol–water partition coefficient (Wildman–Crippen LogP) is 6.69. The lowest BCUT2D eigenvalue weighted by Gasteiger charge is -2.48. The fraction of sp³-hybridized carbons (Fsp3) is 0.688. The Labute approximate surface area is 252 Å². The number of halogens is 4. The summed E-state index contributed by atoms with van der Waals surface area (Å²) in [6.07, 6.45) is 6.18. The number of benzene rings is 1. The molecule has 1 aromatic heterocycles. The van der Waals surface area contributed by atoms with Crippen LogP contribution in [0.4, 0.5) is 29.3 Å². The van der Waals surface area contributed by atoms with Gasteiger partial charge in [0.2, 0.25) is 5.95 Å². The number of ether oxygens (including phenoxy) is 1. The summed E-state index contributed by atoms with van der Waals surface area (Å²) >= 11 is 0. The molecular weight excluding hydrogens is 560 g/mol. The average Bonchev–Trinajstić information content (AvgIpc) is 2.95. The molecule has 2 aromatic rings. The number of anilines is 2. The van der Waals surface area contributed by atoms with Gasteiger partial charge < -0.3 is 25.6 Å². The van der Waals surface area contributed by atoms with Crippen LogP contribution in [0.5, 0.6) is 5.75 Å². The number of rotatable bonds is 11. The Kier molecular flexibility index (Phi) is 10.3. The van der Waals surface area contributed by atoms with Gasteiger partial charge in [0.1, 0.15) is 5.75 Å². The summed E-state index contributed by atoms with van der Waals surface area (Å²) in [7, 11) is 4.38. The minimum absolute atomic E-state index is 0.00697. The molecule has 3 aliphatic carbocycles. The van der Waals surface area contributed by atoms with Gasteiger partial charge in [-0.3, -0.25) is 0 Å². The predicted molar refractivity (Wildman–Crippen MR) is 160 cm³/mol. The molecule has 3 saturated carbocycles. The normalized spacial score (nSPS) is 29.3. The van der Waals surface area contributed by atoms with Crippen LogP contribution in [0.25, 0.3) is 0 Å². The number of fused-ring (bicyclic) bond motifs is 2. The van der Waals surface area contributed by atoms with E-state index in [1.54, 1.807) is 6.07 Å². The Morgan fingerprint density at radius 2 is 1.72 bits per heavy atom. The van der Waals surface area contributed by atoms with Crippen molar-refractivity contribution in [2.45, 2.75) is 83.3 Å². The van der Waals surface area contributed by atoms with Gasteiger partial charge in [0, 0.05) is 30.7 Å². The van der Waals surface area contributed by atoms with Crippen LogP contribution in [0, 0.1) is 35.4 Å². The molecular formula is C32H46F4N6O. The fourth-order valence-corrected chi connectivity index (χ4v) is 7.81. The highest BCUT2D eigenvalue weighted by Crippen LogP contribution is 2.45. The van der Waals surface area contributed by atoms with E-state index in [-0.39, 0.29) is 29.6 Å². The van der Waals surface area contributed by atoms with E-state index < -0.39 is 12.2 Å². The Bertz CT molecular complexity index is 1190. The molecule has 5 rings (SSSR count). The number of nitrogens with zero attached hydrogens (tertiary/aromatic N) is 3. The van der Waals surface area contributed by atoms with E-state index in [2.05, 4.69) is 56.6 Å². The van der Waals surface area contributed by atoms with Crippen molar-refractivity contribution >= 4 is 11.8 Å². The Morgan fingerprint density at radius 3 is 2.47 bits per heavy atom. The van der Waals surface area contributed by atoms with Crippen LogP contribution in [0.2, 0.25) is 0 Å². The van der Waals surface area contributed by atoms with Gasteiger partial charge in [-0.1, -0.05) is 25.1 Å². The molecule has 0 aliphatic heterocycles. The second kappa shape index (κ2) is 14.0. The number of para-hydroxylation sites is 1. The first-order chi connectivity index (χ1) is 20.5. The number of nitrogens with one attached hydrogen (secondary N) is 3. The van der Waals surface area contributed by atoms with Crippen molar-refractivity contribution in [2.24, 2.45) is 29.6 Å². The van der Waals surface area contributed by atoms with E-state index in [9.17, 15) is 17.6 Å². The summed E-state index contributed by atoms with van der Waals surface area (Å²) < 4.78 is 57.1. The van der Waals surface area contributed by atoms with E-state index in [0.29, 0.717) is 36.3 Å². The molecule has 3 N–H and O–H groups in total. The summed E-state index contributed by atoms with van der Waals surface area (Å²) in [5.41, 5.74) is 0.287. The van der Waals surface area contributed by atoms with E-state index in [4.69, 9.17) is 0 Å². The zero-order valence-electron chi connectivity index (χ0n) is 25.5. The molecule has 2 bridgehead atoms. The lowest BCUT2D eigenvalue weighted by atomic mass is 9.62. The quantitative estimate of drug-likeness (QED) is 0.246. The van der Waals surface area contributed by atoms with Crippen LogP contribution in [-0.4, -0.2) is 60.5 Å². The van der Waals surface area contributed by atoms with Gasteiger partial charge in [-0.15, -0.1) is 13.2 Å². The van der Waals surface area contributed by atoms with Gasteiger partial charge in [0.25, 0.3) is 0 Å².